The molecule has 2 aromatic carbocycles. The van der Waals surface area contributed by atoms with E-state index >= 15 is 0 Å². The number of aromatic hydroxyl groups is 1. The van der Waals surface area contributed by atoms with E-state index in [-0.39, 0.29) is 18.0 Å². The number of nitrogens with zero attached hydrogens (tertiary/aromatic N) is 2. The number of hydrogen-bond acceptors (Lipinski definition) is 4. The molecule has 0 saturated heterocycles. The van der Waals surface area contributed by atoms with Crippen LogP contribution < -0.4 is 5.32 Å². The van der Waals surface area contributed by atoms with Crippen molar-refractivity contribution in [2.45, 2.75) is 20.0 Å². The average molecular weight is 381 g/mol. The molecule has 1 amide bonds. The molecule has 0 saturated carbocycles. The molecule has 148 valence electrons. The monoisotopic (exact) mass is 381 g/mol. The largest absolute Gasteiger partial charge is 0.505 e. The van der Waals surface area contributed by atoms with E-state index in [1.54, 1.807) is 10.6 Å². The van der Waals surface area contributed by atoms with Gasteiger partial charge >= 0.3 is 0 Å². The lowest BCUT2D eigenvalue weighted by molar-refractivity contribution is 0.0861. The molecule has 3 aromatic rings. The number of rotatable bonds is 8. The Morgan fingerprint density at radius 1 is 1.07 bits per heavy atom. The van der Waals surface area contributed by atoms with Gasteiger partial charge in [0, 0.05) is 24.2 Å². The Bertz CT molecular complexity index is 933. The van der Waals surface area contributed by atoms with Crippen molar-refractivity contribution in [2.24, 2.45) is 0 Å². The fourth-order valence-corrected chi connectivity index (χ4v) is 3.42. The molecule has 0 aliphatic rings. The molecule has 0 fully saturated rings. The van der Waals surface area contributed by atoms with Crippen molar-refractivity contribution in [3.63, 3.8) is 0 Å². The third-order valence-corrected chi connectivity index (χ3v) is 4.94. The molecular formula is C22H27N3O3. The smallest absolute Gasteiger partial charge is 0.272 e. The minimum atomic E-state index is -0.680. The zero-order chi connectivity index (χ0) is 20.1. The van der Waals surface area contributed by atoms with Crippen LogP contribution in [-0.2, 0) is 0 Å². The maximum atomic E-state index is 12.9. The summed E-state index contributed by atoms with van der Waals surface area (Å²) in [4.78, 5) is 15.0. The molecule has 0 radical (unpaired) electrons. The first-order valence-electron chi connectivity index (χ1n) is 9.63. The zero-order valence-electron chi connectivity index (χ0n) is 16.3. The molecule has 1 unspecified atom stereocenters. The fraction of sp³-hybridized carbons (Fsp3) is 0.318. The van der Waals surface area contributed by atoms with Crippen molar-refractivity contribution >= 4 is 16.8 Å². The number of carbonyl (C=O) groups is 1. The Hall–Kier alpha value is -2.83. The summed E-state index contributed by atoms with van der Waals surface area (Å²) >= 11 is 0. The van der Waals surface area contributed by atoms with Crippen molar-refractivity contribution in [3.8, 4) is 11.4 Å². The molecule has 6 nitrogen and oxygen atoms in total. The highest BCUT2D eigenvalue weighted by Gasteiger charge is 2.24. The highest BCUT2D eigenvalue weighted by atomic mass is 16.3. The number of fused-ring (bicyclic) bond motifs is 1. The molecule has 28 heavy (non-hydrogen) atoms. The van der Waals surface area contributed by atoms with Gasteiger partial charge in [0.1, 0.15) is 0 Å². The minimum Gasteiger partial charge on any atom is -0.505 e. The van der Waals surface area contributed by atoms with E-state index in [2.05, 4.69) is 10.2 Å². The van der Waals surface area contributed by atoms with E-state index in [0.717, 1.165) is 24.3 Å². The fourth-order valence-electron chi connectivity index (χ4n) is 3.42. The first-order valence-corrected chi connectivity index (χ1v) is 9.63. The van der Waals surface area contributed by atoms with Crippen LogP contribution in [0.1, 0.15) is 24.3 Å². The quantitative estimate of drug-likeness (QED) is 0.561. The summed E-state index contributed by atoms with van der Waals surface area (Å²) in [5, 5.41) is 24.4. The average Bonchev–Trinajstić information content (AvgIpc) is 3.03. The summed E-state index contributed by atoms with van der Waals surface area (Å²) < 4.78 is 1.75. The lowest BCUT2D eigenvalue weighted by Gasteiger charge is -2.22. The molecule has 1 atom stereocenters. The first-order chi connectivity index (χ1) is 13.6. The van der Waals surface area contributed by atoms with Gasteiger partial charge in [-0.25, -0.2) is 0 Å². The van der Waals surface area contributed by atoms with Crippen LogP contribution in [0, 0.1) is 0 Å². The summed E-state index contributed by atoms with van der Waals surface area (Å²) in [7, 11) is 0. The van der Waals surface area contributed by atoms with Crippen LogP contribution in [0.2, 0.25) is 0 Å². The van der Waals surface area contributed by atoms with Gasteiger partial charge in [0.2, 0.25) is 0 Å². The number of aliphatic hydroxyl groups is 1. The van der Waals surface area contributed by atoms with Crippen LogP contribution in [-0.4, -0.2) is 57.9 Å². The first kappa shape index (κ1) is 19.9. The van der Waals surface area contributed by atoms with Crippen LogP contribution in [0.25, 0.3) is 16.6 Å². The van der Waals surface area contributed by atoms with Gasteiger partial charge in [-0.1, -0.05) is 44.2 Å². The molecule has 0 spiro atoms. The molecular weight excluding hydrogens is 354 g/mol. The minimum absolute atomic E-state index is 0.0600. The number of nitrogens with one attached hydrogen (secondary N) is 1. The number of aliphatic hydroxyl groups excluding tert-OH is 1. The molecule has 3 N–H and O–H groups in total. The van der Waals surface area contributed by atoms with Gasteiger partial charge in [-0.15, -0.1) is 0 Å². The Labute approximate surface area is 165 Å². The normalized spacial score (nSPS) is 12.4. The highest BCUT2D eigenvalue weighted by Crippen LogP contribution is 2.34. The number of carbonyl (C=O) groups excluding carboxylic acids is 1. The van der Waals surface area contributed by atoms with E-state index in [9.17, 15) is 15.0 Å². The lowest BCUT2D eigenvalue weighted by atomic mass is 10.2. The topological polar surface area (TPSA) is 77.7 Å². The van der Waals surface area contributed by atoms with Crippen molar-refractivity contribution in [2.75, 3.05) is 26.2 Å². The van der Waals surface area contributed by atoms with Gasteiger partial charge in [0.15, 0.2) is 11.4 Å². The molecule has 0 bridgehead atoms. The molecule has 1 aromatic heterocycles. The van der Waals surface area contributed by atoms with Crippen molar-refractivity contribution in [1.82, 2.24) is 14.8 Å². The van der Waals surface area contributed by atoms with Gasteiger partial charge in [0.05, 0.1) is 11.6 Å². The SMILES string of the molecule is CCN(CC)CC(O)CNC(=O)c1c(O)c2ccccc2n1-c1ccccc1. The second-order valence-electron chi connectivity index (χ2n) is 6.74. The summed E-state index contributed by atoms with van der Waals surface area (Å²) in [6.45, 7) is 6.34. The summed E-state index contributed by atoms with van der Waals surface area (Å²) in [5.41, 5.74) is 1.70. The van der Waals surface area contributed by atoms with Crippen molar-refractivity contribution < 1.29 is 15.0 Å². The maximum Gasteiger partial charge on any atom is 0.272 e. The predicted octanol–water partition coefficient (Wildman–Crippen LogP) is 2.77. The zero-order valence-corrected chi connectivity index (χ0v) is 16.3. The van der Waals surface area contributed by atoms with Crippen LogP contribution in [0.4, 0.5) is 0 Å². The Kier molecular flexibility index (Phi) is 6.34. The third-order valence-electron chi connectivity index (χ3n) is 4.94. The van der Waals surface area contributed by atoms with Crippen LogP contribution in [0.3, 0.4) is 0 Å². The number of para-hydroxylation sites is 2. The van der Waals surface area contributed by atoms with Gasteiger partial charge in [-0.2, -0.15) is 0 Å². The van der Waals surface area contributed by atoms with Crippen molar-refractivity contribution in [1.29, 1.82) is 0 Å². The van der Waals surface area contributed by atoms with E-state index in [4.69, 9.17) is 0 Å². The predicted molar refractivity (Wildman–Crippen MR) is 111 cm³/mol. The van der Waals surface area contributed by atoms with Crippen molar-refractivity contribution in [3.05, 3.63) is 60.3 Å². The van der Waals surface area contributed by atoms with Crippen LogP contribution >= 0.6 is 0 Å². The third kappa shape index (κ3) is 4.03. The Balaban J connectivity index is 1.90. The Morgan fingerprint density at radius 3 is 2.39 bits per heavy atom. The van der Waals surface area contributed by atoms with E-state index in [0.29, 0.717) is 11.9 Å². The molecule has 0 aliphatic carbocycles. The molecule has 1 heterocycles. The molecule has 3 rings (SSSR count). The summed E-state index contributed by atoms with van der Waals surface area (Å²) in [6, 6.07) is 16.8. The van der Waals surface area contributed by atoms with Gasteiger partial charge in [-0.3, -0.25) is 4.79 Å². The lowest BCUT2D eigenvalue weighted by Crippen LogP contribution is -2.40. The van der Waals surface area contributed by atoms with Crippen LogP contribution in [0.15, 0.2) is 54.6 Å². The molecule has 6 heteroatoms. The van der Waals surface area contributed by atoms with Gasteiger partial charge in [0.25, 0.3) is 5.91 Å². The van der Waals surface area contributed by atoms with Gasteiger partial charge in [-0.05, 0) is 37.4 Å². The maximum absolute atomic E-state index is 12.9. The van der Waals surface area contributed by atoms with Gasteiger partial charge < -0.3 is 25.0 Å². The number of likely N-dealkylation sites (N-methyl/N-ethyl adjacent to an activating group) is 1. The summed E-state index contributed by atoms with van der Waals surface area (Å²) in [5.74, 6) is -0.480. The van der Waals surface area contributed by atoms with E-state index < -0.39 is 12.0 Å². The number of aromatic nitrogens is 1. The number of hydrogen-bond donors (Lipinski definition) is 3. The second kappa shape index (κ2) is 8.91. The molecule has 0 aliphatic heterocycles. The standard InChI is InChI=1S/C22H27N3O3/c1-3-24(4-2)15-17(26)14-23-22(28)20-21(27)18-12-8-9-13-19(18)25(20)16-10-6-5-7-11-16/h5-13,17,26-27H,3-4,14-15H2,1-2H3,(H,23,28). The Morgan fingerprint density at radius 2 is 1.71 bits per heavy atom. The van der Waals surface area contributed by atoms with E-state index in [1.807, 2.05) is 62.4 Å². The van der Waals surface area contributed by atoms with E-state index in [1.165, 1.54) is 0 Å². The number of benzene rings is 2. The van der Waals surface area contributed by atoms with Crippen LogP contribution in [0.5, 0.6) is 5.75 Å². The number of amides is 1. The highest BCUT2D eigenvalue weighted by molar-refractivity contribution is 6.05. The second-order valence-corrected chi connectivity index (χ2v) is 6.74. The summed E-state index contributed by atoms with van der Waals surface area (Å²) in [6.07, 6.45) is -0.680.